The topological polar surface area (TPSA) is 80.9 Å². The molecule has 1 aromatic carbocycles. The highest BCUT2D eigenvalue weighted by molar-refractivity contribution is 6.06. The molecule has 0 bridgehead atoms. The first kappa shape index (κ1) is 13.0. The molecule has 1 aromatic heterocycles. The Bertz CT molecular complexity index is 581. The van der Waals surface area contributed by atoms with Crippen molar-refractivity contribution in [3.63, 3.8) is 0 Å². The summed E-state index contributed by atoms with van der Waals surface area (Å²) in [5.74, 6) is 0.421. The van der Waals surface area contributed by atoms with Gasteiger partial charge in [-0.05, 0) is 12.1 Å². The zero-order valence-corrected chi connectivity index (χ0v) is 10.9. The highest BCUT2D eigenvalue weighted by Crippen LogP contribution is 2.15. The summed E-state index contributed by atoms with van der Waals surface area (Å²) in [5.41, 5.74) is 6.95. The molecule has 0 radical (unpaired) electrons. The van der Waals surface area contributed by atoms with E-state index in [1.165, 1.54) is 6.20 Å². The van der Waals surface area contributed by atoms with Crippen molar-refractivity contribution in [3.05, 3.63) is 48.0 Å². The summed E-state index contributed by atoms with van der Waals surface area (Å²) in [6.45, 7) is 3.93. The molecule has 2 rings (SSSR count). The Hall–Kier alpha value is -2.43. The Morgan fingerprint density at radius 2 is 1.95 bits per heavy atom. The van der Waals surface area contributed by atoms with Crippen LogP contribution < -0.4 is 11.1 Å². The number of anilines is 2. The van der Waals surface area contributed by atoms with Crippen molar-refractivity contribution in [2.45, 2.75) is 19.8 Å². The second-order valence-corrected chi connectivity index (χ2v) is 4.51. The van der Waals surface area contributed by atoms with Crippen molar-refractivity contribution in [1.29, 1.82) is 0 Å². The maximum atomic E-state index is 12.1. The SMILES string of the molecule is CC(C)c1ncc(N)c(C(=O)Nc2ccccc2)n1. The molecule has 0 unspecified atom stereocenters. The average Bonchev–Trinajstić information content (AvgIpc) is 2.40. The molecule has 2 aromatic rings. The molecule has 1 heterocycles. The first-order chi connectivity index (χ1) is 9.08. The average molecular weight is 256 g/mol. The molecule has 0 fully saturated rings. The summed E-state index contributed by atoms with van der Waals surface area (Å²) in [4.78, 5) is 20.5. The molecule has 0 atom stereocenters. The van der Waals surface area contributed by atoms with Crippen molar-refractivity contribution < 1.29 is 4.79 Å². The maximum absolute atomic E-state index is 12.1. The van der Waals surface area contributed by atoms with Gasteiger partial charge in [0.05, 0.1) is 11.9 Å². The first-order valence-corrected chi connectivity index (χ1v) is 6.06. The molecule has 0 aliphatic heterocycles. The smallest absolute Gasteiger partial charge is 0.276 e. The number of hydrogen-bond donors (Lipinski definition) is 2. The molecule has 3 N–H and O–H groups in total. The Kier molecular flexibility index (Phi) is 3.75. The van der Waals surface area contributed by atoms with Gasteiger partial charge < -0.3 is 11.1 Å². The Labute approximate surface area is 111 Å². The van der Waals surface area contributed by atoms with E-state index in [0.717, 1.165) is 0 Å². The number of amides is 1. The van der Waals surface area contributed by atoms with Crippen molar-refractivity contribution in [3.8, 4) is 0 Å². The number of benzene rings is 1. The third-order valence-corrected chi connectivity index (χ3v) is 2.60. The minimum Gasteiger partial charge on any atom is -0.396 e. The second-order valence-electron chi connectivity index (χ2n) is 4.51. The number of nitrogen functional groups attached to an aromatic ring is 1. The van der Waals surface area contributed by atoms with E-state index in [4.69, 9.17) is 5.73 Å². The summed E-state index contributed by atoms with van der Waals surface area (Å²) >= 11 is 0. The minimum atomic E-state index is -0.326. The lowest BCUT2D eigenvalue weighted by molar-refractivity contribution is 0.102. The lowest BCUT2D eigenvalue weighted by atomic mass is 10.2. The molecule has 5 heteroatoms. The van der Waals surface area contributed by atoms with Gasteiger partial charge in [0.25, 0.3) is 5.91 Å². The zero-order chi connectivity index (χ0) is 13.8. The summed E-state index contributed by atoms with van der Waals surface area (Å²) in [7, 11) is 0. The molecule has 19 heavy (non-hydrogen) atoms. The van der Waals surface area contributed by atoms with Crippen molar-refractivity contribution >= 4 is 17.3 Å². The van der Waals surface area contributed by atoms with Gasteiger partial charge in [0.1, 0.15) is 5.82 Å². The van der Waals surface area contributed by atoms with E-state index < -0.39 is 0 Å². The number of nitrogens with zero attached hydrogens (tertiary/aromatic N) is 2. The van der Waals surface area contributed by atoms with Gasteiger partial charge >= 0.3 is 0 Å². The van der Waals surface area contributed by atoms with E-state index in [1.54, 1.807) is 12.1 Å². The van der Waals surface area contributed by atoms with Crippen LogP contribution in [0.3, 0.4) is 0 Å². The Balaban J connectivity index is 2.26. The van der Waals surface area contributed by atoms with Crippen LogP contribution in [-0.2, 0) is 0 Å². The first-order valence-electron chi connectivity index (χ1n) is 6.06. The zero-order valence-electron chi connectivity index (χ0n) is 10.9. The molecule has 0 aliphatic carbocycles. The largest absolute Gasteiger partial charge is 0.396 e. The highest BCUT2D eigenvalue weighted by atomic mass is 16.1. The van der Waals surface area contributed by atoms with E-state index in [9.17, 15) is 4.79 Å². The lowest BCUT2D eigenvalue weighted by Gasteiger charge is -2.09. The number of nitrogens with one attached hydrogen (secondary N) is 1. The number of aromatic nitrogens is 2. The molecule has 98 valence electrons. The minimum absolute atomic E-state index is 0.142. The van der Waals surface area contributed by atoms with Crippen LogP contribution in [0.5, 0.6) is 0 Å². The van der Waals surface area contributed by atoms with Crippen LogP contribution in [0.1, 0.15) is 36.1 Å². The van der Waals surface area contributed by atoms with Gasteiger partial charge in [-0.2, -0.15) is 0 Å². The van der Waals surface area contributed by atoms with Crippen molar-refractivity contribution in [1.82, 2.24) is 9.97 Å². The number of rotatable bonds is 3. The third kappa shape index (κ3) is 3.07. The molecule has 0 saturated carbocycles. The summed E-state index contributed by atoms with van der Waals surface area (Å²) in [5, 5.41) is 2.76. The van der Waals surface area contributed by atoms with Gasteiger partial charge in [-0.15, -0.1) is 0 Å². The van der Waals surface area contributed by atoms with E-state index in [0.29, 0.717) is 11.5 Å². The molecule has 0 saturated heterocycles. The third-order valence-electron chi connectivity index (χ3n) is 2.60. The number of hydrogen-bond acceptors (Lipinski definition) is 4. The van der Waals surface area contributed by atoms with Gasteiger partial charge in [-0.3, -0.25) is 4.79 Å². The highest BCUT2D eigenvalue weighted by Gasteiger charge is 2.14. The van der Waals surface area contributed by atoms with Crippen molar-refractivity contribution in [2.75, 3.05) is 11.1 Å². The van der Waals surface area contributed by atoms with Crippen LogP contribution in [-0.4, -0.2) is 15.9 Å². The van der Waals surface area contributed by atoms with Crippen LogP contribution in [0.4, 0.5) is 11.4 Å². The van der Waals surface area contributed by atoms with E-state index >= 15 is 0 Å². The normalized spacial score (nSPS) is 10.5. The fourth-order valence-corrected chi connectivity index (χ4v) is 1.58. The summed E-state index contributed by atoms with van der Waals surface area (Å²) < 4.78 is 0. The van der Waals surface area contributed by atoms with E-state index in [-0.39, 0.29) is 23.2 Å². The fourth-order valence-electron chi connectivity index (χ4n) is 1.58. The number of para-hydroxylation sites is 1. The van der Waals surface area contributed by atoms with E-state index in [1.807, 2.05) is 32.0 Å². The molecular weight excluding hydrogens is 240 g/mol. The lowest BCUT2D eigenvalue weighted by Crippen LogP contribution is -2.17. The quantitative estimate of drug-likeness (QED) is 0.883. The summed E-state index contributed by atoms with van der Waals surface area (Å²) in [6.07, 6.45) is 1.47. The van der Waals surface area contributed by atoms with Gasteiger partial charge in [-0.25, -0.2) is 9.97 Å². The van der Waals surface area contributed by atoms with Gasteiger partial charge in [0.15, 0.2) is 5.69 Å². The molecule has 0 aliphatic rings. The number of carbonyl (C=O) groups is 1. The second kappa shape index (κ2) is 5.48. The monoisotopic (exact) mass is 256 g/mol. The van der Waals surface area contributed by atoms with Crippen LogP contribution in [0.2, 0.25) is 0 Å². The maximum Gasteiger partial charge on any atom is 0.276 e. The van der Waals surface area contributed by atoms with Crippen LogP contribution >= 0.6 is 0 Å². The molecular formula is C14H16N4O. The molecule has 1 amide bonds. The van der Waals surface area contributed by atoms with Gasteiger partial charge in [0, 0.05) is 11.6 Å². The molecule has 5 nitrogen and oxygen atoms in total. The molecule has 0 spiro atoms. The van der Waals surface area contributed by atoms with Gasteiger partial charge in [-0.1, -0.05) is 32.0 Å². The van der Waals surface area contributed by atoms with E-state index in [2.05, 4.69) is 15.3 Å². The van der Waals surface area contributed by atoms with Crippen LogP contribution in [0.25, 0.3) is 0 Å². The predicted octanol–water partition coefficient (Wildman–Crippen LogP) is 2.43. The van der Waals surface area contributed by atoms with Crippen LogP contribution in [0, 0.1) is 0 Å². The predicted molar refractivity (Wildman–Crippen MR) is 74.9 cm³/mol. The standard InChI is InChI=1S/C14H16N4O/c1-9(2)13-16-8-11(15)12(18-13)14(19)17-10-6-4-3-5-7-10/h3-9H,15H2,1-2H3,(H,17,19). The van der Waals surface area contributed by atoms with Gasteiger partial charge in [0.2, 0.25) is 0 Å². The Morgan fingerprint density at radius 1 is 1.26 bits per heavy atom. The van der Waals surface area contributed by atoms with Crippen LogP contribution in [0.15, 0.2) is 36.5 Å². The Morgan fingerprint density at radius 3 is 2.58 bits per heavy atom. The van der Waals surface area contributed by atoms with Crippen molar-refractivity contribution in [2.24, 2.45) is 0 Å². The summed E-state index contributed by atoms with van der Waals surface area (Å²) in [6, 6.07) is 9.18. The number of nitrogens with two attached hydrogens (primary N) is 1. The fraction of sp³-hybridized carbons (Fsp3) is 0.214. The number of carbonyl (C=O) groups excluding carboxylic acids is 1.